The Morgan fingerprint density at radius 3 is 2.44 bits per heavy atom. The lowest BCUT2D eigenvalue weighted by Gasteiger charge is -2.23. The van der Waals surface area contributed by atoms with E-state index < -0.39 is 11.9 Å². The summed E-state index contributed by atoms with van der Waals surface area (Å²) >= 11 is 0. The number of aromatic nitrogens is 2. The van der Waals surface area contributed by atoms with E-state index in [1.807, 2.05) is 18.2 Å². The summed E-state index contributed by atoms with van der Waals surface area (Å²) in [6.45, 7) is 1.76. The predicted octanol–water partition coefficient (Wildman–Crippen LogP) is 3.64. The van der Waals surface area contributed by atoms with Gasteiger partial charge in [-0.1, -0.05) is 30.3 Å². The third kappa shape index (κ3) is 5.11. The van der Waals surface area contributed by atoms with Crippen LogP contribution in [0.25, 0.3) is 16.9 Å². The summed E-state index contributed by atoms with van der Waals surface area (Å²) in [6, 6.07) is 16.2. The first kappa shape index (κ1) is 23.5. The highest BCUT2D eigenvalue weighted by molar-refractivity contribution is 6.06. The lowest BCUT2D eigenvalue weighted by Crippen LogP contribution is -2.26. The Hall–Kier alpha value is -3.69. The van der Waals surface area contributed by atoms with Crippen LogP contribution in [-0.2, 0) is 18.9 Å². The first-order valence-electron chi connectivity index (χ1n) is 10.9. The van der Waals surface area contributed by atoms with Gasteiger partial charge < -0.3 is 23.7 Å². The number of carbonyl (C=O) groups excluding carboxylic acids is 2. The van der Waals surface area contributed by atoms with Crippen LogP contribution >= 0.6 is 0 Å². The molecule has 4 rings (SSSR count). The molecule has 0 amide bonds. The van der Waals surface area contributed by atoms with Gasteiger partial charge in [0.05, 0.1) is 39.7 Å². The molecule has 0 spiro atoms. The number of hydrogen-bond acceptors (Lipinski definition) is 8. The zero-order valence-electron chi connectivity index (χ0n) is 19.1. The van der Waals surface area contributed by atoms with Crippen LogP contribution in [0.15, 0.2) is 54.6 Å². The fourth-order valence-corrected chi connectivity index (χ4v) is 3.67. The Labute approximate surface area is 197 Å². The zero-order chi connectivity index (χ0) is 23.9. The summed E-state index contributed by atoms with van der Waals surface area (Å²) in [5.41, 5.74) is 1.45. The van der Waals surface area contributed by atoms with Gasteiger partial charge >= 0.3 is 11.9 Å². The average molecular weight is 466 g/mol. The lowest BCUT2D eigenvalue weighted by atomic mass is 10.1. The van der Waals surface area contributed by atoms with Crippen molar-refractivity contribution in [2.45, 2.75) is 19.1 Å². The van der Waals surface area contributed by atoms with Crippen molar-refractivity contribution in [1.29, 1.82) is 0 Å². The molecule has 0 unspecified atom stereocenters. The van der Waals surface area contributed by atoms with Crippen molar-refractivity contribution in [2.75, 3.05) is 34.0 Å². The van der Waals surface area contributed by atoms with Gasteiger partial charge in [-0.05, 0) is 30.7 Å². The minimum Gasteiger partial charge on any atom is -0.493 e. The highest BCUT2D eigenvalue weighted by Gasteiger charge is 2.31. The van der Waals surface area contributed by atoms with Crippen LogP contribution in [0.2, 0.25) is 0 Å². The molecular formula is C25H26N2O7. The maximum atomic E-state index is 12.8. The molecule has 0 aliphatic carbocycles. The first-order chi connectivity index (χ1) is 16.6. The predicted molar refractivity (Wildman–Crippen MR) is 122 cm³/mol. The van der Waals surface area contributed by atoms with Crippen LogP contribution in [0.1, 0.15) is 33.7 Å². The quantitative estimate of drug-likeness (QED) is 0.464. The molecule has 1 fully saturated rings. The molecule has 0 atom stereocenters. The summed E-state index contributed by atoms with van der Waals surface area (Å²) < 4.78 is 28.3. The van der Waals surface area contributed by atoms with E-state index in [1.165, 1.54) is 18.9 Å². The molecule has 2 heterocycles. The van der Waals surface area contributed by atoms with Gasteiger partial charge in [-0.15, -0.1) is 0 Å². The summed E-state index contributed by atoms with van der Waals surface area (Å²) in [6.07, 6.45) is 1.21. The fraction of sp³-hybridized carbons (Fsp3) is 0.320. The van der Waals surface area contributed by atoms with E-state index in [9.17, 15) is 9.59 Å². The first-order valence-corrected chi connectivity index (χ1v) is 10.9. The minimum absolute atomic E-state index is 0.0133. The van der Waals surface area contributed by atoms with E-state index in [1.54, 1.807) is 36.4 Å². The van der Waals surface area contributed by atoms with Crippen molar-refractivity contribution in [3.05, 3.63) is 65.9 Å². The standard InChI is InChI=1S/C25H26N2O7/c1-30-24(28)21-22(26-27(23(21)25(29)31-2)18-9-4-3-5-10-18)17-8-6-11-19(16-17)32-15-12-20-33-13-7-14-34-20/h3-6,8-11,16,20H,7,12-15H2,1-2H3. The van der Waals surface area contributed by atoms with Gasteiger partial charge in [0.2, 0.25) is 0 Å². The molecule has 178 valence electrons. The monoisotopic (exact) mass is 466 g/mol. The largest absolute Gasteiger partial charge is 0.493 e. The summed E-state index contributed by atoms with van der Waals surface area (Å²) in [7, 11) is 2.50. The number of para-hydroxylation sites is 1. The van der Waals surface area contributed by atoms with E-state index >= 15 is 0 Å². The van der Waals surface area contributed by atoms with Crippen molar-refractivity contribution in [3.8, 4) is 22.7 Å². The van der Waals surface area contributed by atoms with E-state index in [2.05, 4.69) is 5.10 Å². The number of nitrogens with zero attached hydrogens (tertiary/aromatic N) is 2. The van der Waals surface area contributed by atoms with Crippen LogP contribution in [0.3, 0.4) is 0 Å². The van der Waals surface area contributed by atoms with Gasteiger partial charge in [0.1, 0.15) is 17.0 Å². The third-order valence-electron chi connectivity index (χ3n) is 5.28. The van der Waals surface area contributed by atoms with E-state index in [0.29, 0.717) is 43.2 Å². The molecule has 0 N–H and O–H groups in total. The Morgan fingerprint density at radius 2 is 1.74 bits per heavy atom. The van der Waals surface area contributed by atoms with Gasteiger partial charge in [0, 0.05) is 12.0 Å². The molecule has 3 aromatic rings. The number of carbonyl (C=O) groups is 2. The highest BCUT2D eigenvalue weighted by atomic mass is 16.7. The molecule has 9 heteroatoms. The number of esters is 2. The van der Waals surface area contributed by atoms with Crippen molar-refractivity contribution in [1.82, 2.24) is 9.78 Å². The topological polar surface area (TPSA) is 98.1 Å². The second kappa shape index (κ2) is 11.0. The van der Waals surface area contributed by atoms with Crippen LogP contribution in [0.4, 0.5) is 0 Å². The molecule has 1 aliphatic heterocycles. The molecule has 1 aromatic heterocycles. The third-order valence-corrected chi connectivity index (χ3v) is 5.28. The normalized spacial score (nSPS) is 13.9. The second-order valence-electron chi connectivity index (χ2n) is 7.49. The minimum atomic E-state index is -0.706. The molecule has 2 aromatic carbocycles. The fourth-order valence-electron chi connectivity index (χ4n) is 3.67. The van der Waals surface area contributed by atoms with E-state index in [-0.39, 0.29) is 23.2 Å². The molecule has 0 saturated carbocycles. The van der Waals surface area contributed by atoms with Gasteiger partial charge in [-0.2, -0.15) is 5.10 Å². The van der Waals surface area contributed by atoms with Crippen molar-refractivity contribution >= 4 is 11.9 Å². The average Bonchev–Trinajstić information content (AvgIpc) is 3.30. The lowest BCUT2D eigenvalue weighted by molar-refractivity contribution is -0.183. The van der Waals surface area contributed by atoms with Gasteiger partial charge in [0.25, 0.3) is 0 Å². The zero-order valence-corrected chi connectivity index (χ0v) is 19.1. The number of ether oxygens (including phenoxy) is 5. The van der Waals surface area contributed by atoms with Crippen LogP contribution in [-0.4, -0.2) is 62.0 Å². The molecule has 34 heavy (non-hydrogen) atoms. The smallest absolute Gasteiger partial charge is 0.357 e. The SMILES string of the molecule is COC(=O)c1c(-c2cccc(OCCC3OCCCO3)c2)nn(-c2ccccc2)c1C(=O)OC. The highest BCUT2D eigenvalue weighted by Crippen LogP contribution is 2.31. The number of hydrogen-bond donors (Lipinski definition) is 0. The summed E-state index contributed by atoms with van der Waals surface area (Å²) in [4.78, 5) is 25.5. The maximum Gasteiger partial charge on any atom is 0.357 e. The van der Waals surface area contributed by atoms with Crippen LogP contribution < -0.4 is 4.74 Å². The Balaban J connectivity index is 1.69. The van der Waals surface area contributed by atoms with Gasteiger partial charge in [-0.25, -0.2) is 14.3 Å². The molecular weight excluding hydrogens is 440 g/mol. The van der Waals surface area contributed by atoms with Crippen LogP contribution in [0, 0.1) is 0 Å². The Morgan fingerprint density at radius 1 is 1.00 bits per heavy atom. The van der Waals surface area contributed by atoms with Crippen molar-refractivity contribution < 1.29 is 33.3 Å². The van der Waals surface area contributed by atoms with E-state index in [4.69, 9.17) is 23.7 Å². The number of methoxy groups -OCH3 is 2. The van der Waals surface area contributed by atoms with Crippen LogP contribution in [0.5, 0.6) is 5.75 Å². The maximum absolute atomic E-state index is 12.8. The Bertz CT molecular complexity index is 1140. The Kier molecular flexibility index (Phi) is 7.56. The molecule has 9 nitrogen and oxygen atoms in total. The molecule has 0 bridgehead atoms. The van der Waals surface area contributed by atoms with Crippen molar-refractivity contribution in [2.24, 2.45) is 0 Å². The molecule has 1 saturated heterocycles. The summed E-state index contributed by atoms with van der Waals surface area (Å²) in [5.74, 6) is -0.823. The summed E-state index contributed by atoms with van der Waals surface area (Å²) in [5, 5.41) is 4.60. The second-order valence-corrected chi connectivity index (χ2v) is 7.49. The van der Waals surface area contributed by atoms with Gasteiger partial charge in [0.15, 0.2) is 12.0 Å². The van der Waals surface area contributed by atoms with Crippen molar-refractivity contribution in [3.63, 3.8) is 0 Å². The number of rotatable bonds is 8. The van der Waals surface area contributed by atoms with Gasteiger partial charge in [-0.3, -0.25) is 0 Å². The molecule has 1 aliphatic rings. The van der Waals surface area contributed by atoms with E-state index in [0.717, 1.165) is 6.42 Å². The number of benzene rings is 2. The molecule has 0 radical (unpaired) electrons.